The number of hydrogen-bond acceptors (Lipinski definition) is 17. The van der Waals surface area contributed by atoms with E-state index in [0.29, 0.717) is 24.6 Å². The number of thioether (sulfide) groups is 1. The Morgan fingerprint density at radius 1 is 0.776 bits per heavy atom. The van der Waals surface area contributed by atoms with Crippen molar-refractivity contribution in [2.24, 2.45) is 20.5 Å². The summed E-state index contributed by atoms with van der Waals surface area (Å²) in [5.74, 6) is -0.0477. The van der Waals surface area contributed by atoms with Crippen molar-refractivity contribution in [2.75, 3.05) is 17.2 Å². The van der Waals surface area contributed by atoms with Crippen LogP contribution in [0.1, 0.15) is 19.8 Å². The predicted octanol–water partition coefficient (Wildman–Crippen LogP) is 3.69. The van der Waals surface area contributed by atoms with Crippen molar-refractivity contribution in [1.82, 2.24) is 0 Å². The first kappa shape index (κ1) is 40.9. The van der Waals surface area contributed by atoms with E-state index in [-0.39, 0.29) is 26.7 Å². The molecular formula is C24H26N6O14S5. The van der Waals surface area contributed by atoms with Gasteiger partial charge in [-0.25, -0.2) is 8.42 Å². The molecule has 266 valence electrons. The molecule has 0 spiro atoms. The number of benzene rings is 3. The van der Waals surface area contributed by atoms with Crippen molar-refractivity contribution >= 4 is 86.4 Å². The van der Waals surface area contributed by atoms with Crippen LogP contribution in [0, 0.1) is 11.4 Å². The van der Waals surface area contributed by atoms with E-state index in [1.54, 1.807) is 6.11 Å². The summed E-state index contributed by atoms with van der Waals surface area (Å²) in [7, 11) is -18.5. The van der Waals surface area contributed by atoms with Crippen LogP contribution in [0.3, 0.4) is 0 Å². The monoisotopic (exact) mass is 782 g/mol. The van der Waals surface area contributed by atoms with Crippen LogP contribution < -0.4 is 11.5 Å². The Morgan fingerprint density at radius 2 is 1.39 bits per heavy atom. The normalized spacial score (nSPS) is 12.4. The van der Waals surface area contributed by atoms with Gasteiger partial charge in [0.2, 0.25) is 0 Å². The van der Waals surface area contributed by atoms with Gasteiger partial charge in [0.1, 0.15) is 26.9 Å². The molecule has 0 radical (unpaired) electrons. The van der Waals surface area contributed by atoms with Crippen LogP contribution in [0.2, 0.25) is 0 Å². The summed E-state index contributed by atoms with van der Waals surface area (Å²) in [5.41, 5.74) is 9.61. The van der Waals surface area contributed by atoms with Gasteiger partial charge in [0, 0.05) is 10.1 Å². The number of anilines is 2. The molecule has 0 atom stereocenters. The van der Waals surface area contributed by atoms with Crippen LogP contribution >= 0.6 is 11.8 Å². The lowest BCUT2D eigenvalue weighted by Gasteiger charge is -2.10. The number of nitrogens with two attached hydrogens (primary N) is 2. The standard InChI is InChI=1S/C24H24N6O13S5.H2O/c1-2-3-12-45(31,32)17-7-4-15(5-8-17)27-30-24-22(25)19(14-21(23(24)26)47(36,37)38)29-28-18-9-6-16(13-20(18)46(33,34)35)44-11-10-42-43-48(39,40)41;/h4-9,13-14H,2-3,12,25-26H2,1H3,(H,33,34,35)(H,36,37,38)(H,39,40,41);1H2. The average molecular weight is 783 g/mol. The van der Waals surface area contributed by atoms with Gasteiger partial charge in [0.25, 0.3) is 20.2 Å². The van der Waals surface area contributed by atoms with Crippen molar-refractivity contribution in [2.45, 2.75) is 39.3 Å². The van der Waals surface area contributed by atoms with Gasteiger partial charge < -0.3 is 16.9 Å². The predicted molar refractivity (Wildman–Crippen MR) is 174 cm³/mol. The lowest BCUT2D eigenvalue weighted by Crippen LogP contribution is -2.06. The summed E-state index contributed by atoms with van der Waals surface area (Å²) in [5, 5.41) is 17.4. The molecule has 0 heterocycles. The van der Waals surface area contributed by atoms with E-state index in [1.807, 2.05) is 6.92 Å². The molecule has 49 heavy (non-hydrogen) atoms. The van der Waals surface area contributed by atoms with Crippen molar-refractivity contribution < 1.29 is 62.0 Å². The molecular weight excluding hydrogens is 757 g/mol. The minimum Gasteiger partial charge on any atom is -0.412 e. The van der Waals surface area contributed by atoms with Crippen LogP contribution in [0.15, 0.2) is 88.6 Å². The molecule has 0 unspecified atom stereocenters. The summed E-state index contributed by atoms with van der Waals surface area (Å²) in [4.78, 5) is 2.31. The first-order valence-electron chi connectivity index (χ1n) is 12.7. The third-order valence-corrected chi connectivity index (χ3v) is 10.2. The van der Waals surface area contributed by atoms with Gasteiger partial charge in [0.05, 0.1) is 27.7 Å². The summed E-state index contributed by atoms with van der Waals surface area (Å²) >= 11 is 0.572. The van der Waals surface area contributed by atoms with Crippen LogP contribution in [-0.2, 0) is 49.7 Å². The highest BCUT2D eigenvalue weighted by Gasteiger charge is 2.23. The third kappa shape index (κ3) is 11.7. The molecule has 0 saturated heterocycles. The Morgan fingerprint density at radius 3 is 1.96 bits per heavy atom. The number of rotatable bonds is 13. The Hall–Kier alpha value is -4.23. The molecule has 3 aromatic rings. The zero-order valence-corrected chi connectivity index (χ0v) is 28.7. The van der Waals surface area contributed by atoms with Crippen LogP contribution in [-0.4, -0.2) is 58.6 Å². The quantitative estimate of drug-likeness (QED) is 0.0314. The lowest BCUT2D eigenvalue weighted by atomic mass is 10.2. The van der Waals surface area contributed by atoms with E-state index in [2.05, 4.69) is 34.9 Å². The van der Waals surface area contributed by atoms with Gasteiger partial charge in [0.15, 0.2) is 15.9 Å². The van der Waals surface area contributed by atoms with Crippen molar-refractivity contribution in [3.8, 4) is 11.4 Å². The summed E-state index contributed by atoms with van der Waals surface area (Å²) in [6.45, 7) is 1.85. The van der Waals surface area contributed by atoms with E-state index in [9.17, 15) is 42.8 Å². The largest absolute Gasteiger partial charge is 0.433 e. The lowest BCUT2D eigenvalue weighted by molar-refractivity contribution is -0.135. The average Bonchev–Trinajstić information content (AvgIpc) is 2.98. The van der Waals surface area contributed by atoms with E-state index >= 15 is 0 Å². The highest BCUT2D eigenvalue weighted by atomic mass is 32.3. The summed E-state index contributed by atoms with van der Waals surface area (Å²) < 4.78 is 125. The van der Waals surface area contributed by atoms with Gasteiger partial charge in [-0.2, -0.15) is 30.4 Å². The number of azo groups is 2. The Balaban J connectivity index is 0.00000833. The van der Waals surface area contributed by atoms with Crippen molar-refractivity contribution in [3.63, 3.8) is 0 Å². The number of nitrogen functional groups attached to an aromatic ring is 2. The molecule has 9 N–H and O–H groups in total. The van der Waals surface area contributed by atoms with Crippen LogP contribution in [0.25, 0.3) is 0 Å². The van der Waals surface area contributed by atoms with Crippen molar-refractivity contribution in [3.05, 3.63) is 48.5 Å². The van der Waals surface area contributed by atoms with Gasteiger partial charge in [-0.1, -0.05) is 13.3 Å². The molecule has 0 aliphatic heterocycles. The molecule has 0 bridgehead atoms. The summed E-state index contributed by atoms with van der Waals surface area (Å²) in [6.07, 6.45) is 2.89. The second-order valence-corrected chi connectivity index (χ2v) is 15.9. The van der Waals surface area contributed by atoms with Gasteiger partial charge in [-0.3, -0.25) is 18.5 Å². The second kappa shape index (κ2) is 16.4. The minimum atomic E-state index is -5.02. The fourth-order valence-electron chi connectivity index (χ4n) is 3.46. The Bertz CT molecular complexity index is 2270. The fourth-order valence-corrected chi connectivity index (χ4v) is 6.90. The van der Waals surface area contributed by atoms with E-state index in [1.165, 1.54) is 30.3 Å². The highest BCUT2D eigenvalue weighted by Crippen LogP contribution is 2.43. The minimum absolute atomic E-state index is 0. The molecule has 3 aromatic carbocycles. The zero-order chi connectivity index (χ0) is 35.9. The van der Waals surface area contributed by atoms with Crippen LogP contribution in [0.5, 0.6) is 0 Å². The smallest absolute Gasteiger partial charge is 0.412 e. The maximum absolute atomic E-state index is 12.4. The molecule has 0 aliphatic rings. The van der Waals surface area contributed by atoms with Gasteiger partial charge in [-0.15, -0.1) is 15.3 Å². The molecule has 20 nitrogen and oxygen atoms in total. The third-order valence-electron chi connectivity index (χ3n) is 5.67. The Kier molecular flexibility index (Phi) is 13.7. The van der Waals surface area contributed by atoms with Crippen molar-refractivity contribution in [1.29, 1.82) is 0 Å². The summed E-state index contributed by atoms with van der Waals surface area (Å²) in [6, 6.07) is 9.16. The molecule has 0 aromatic heterocycles. The molecule has 3 rings (SSSR count). The highest BCUT2D eigenvalue weighted by molar-refractivity contribution is 8.04. The maximum Gasteiger partial charge on any atom is 0.433 e. The molecule has 0 saturated carbocycles. The number of unbranched alkanes of at least 4 members (excludes halogenated alkanes) is 1. The van der Waals surface area contributed by atoms with E-state index < -0.39 is 78.7 Å². The van der Waals surface area contributed by atoms with E-state index in [0.717, 1.165) is 18.2 Å². The molecule has 0 aliphatic carbocycles. The fraction of sp³-hybridized carbons (Fsp3) is 0.167. The molecule has 0 fully saturated rings. The number of hydrogen-bond donors (Lipinski definition) is 5. The van der Waals surface area contributed by atoms with E-state index in [4.69, 9.17) is 16.0 Å². The number of nitrogens with zero attached hydrogens (tertiary/aromatic N) is 4. The first-order chi connectivity index (χ1) is 22.2. The van der Waals surface area contributed by atoms with Crippen LogP contribution in [0.4, 0.5) is 34.1 Å². The topological polar surface area (TPSA) is 349 Å². The molecule has 25 heteroatoms. The Labute approximate surface area is 284 Å². The van der Waals surface area contributed by atoms with Gasteiger partial charge >= 0.3 is 10.4 Å². The maximum atomic E-state index is 12.4. The first-order valence-corrected chi connectivity index (χ1v) is 19.4. The second-order valence-electron chi connectivity index (χ2n) is 9.10. The van der Waals surface area contributed by atoms with Gasteiger partial charge in [-0.05, 0) is 71.0 Å². The molecule has 0 amide bonds. The number of sulfone groups is 1. The zero-order valence-electron chi connectivity index (χ0n) is 24.6. The SMILES string of the molecule is CCCCS(=O)(=O)c1ccc(N=Nc2c(N)c(N=Nc3ccc(SC#COOS(=O)(=O)O)cc3S(=O)(=O)O)cc(S(=O)(=O)O)c2N)cc1.O.